The number of rotatable bonds is 1. The molecule has 0 aromatic heterocycles. The lowest BCUT2D eigenvalue weighted by Crippen LogP contribution is -2.45. The van der Waals surface area contributed by atoms with Crippen LogP contribution in [0.3, 0.4) is 0 Å². The molecule has 3 rings (SSSR count). The first-order valence-corrected chi connectivity index (χ1v) is 7.90. The van der Waals surface area contributed by atoms with Crippen LogP contribution >= 0.6 is 0 Å². The summed E-state index contributed by atoms with van der Waals surface area (Å²) < 4.78 is 0. The van der Waals surface area contributed by atoms with Gasteiger partial charge in [0.15, 0.2) is 0 Å². The van der Waals surface area contributed by atoms with Gasteiger partial charge in [0.1, 0.15) is 0 Å². The van der Waals surface area contributed by atoms with E-state index in [2.05, 4.69) is 43.4 Å². The Balaban J connectivity index is 2.00. The maximum Gasteiger partial charge on any atom is 0.224 e. The fourth-order valence-corrected chi connectivity index (χ4v) is 3.52. The minimum Gasteiger partial charge on any atom is -0.313 e. The van der Waals surface area contributed by atoms with Crippen molar-refractivity contribution in [3.05, 3.63) is 35.4 Å². The summed E-state index contributed by atoms with van der Waals surface area (Å²) in [6.07, 6.45) is 4.42. The lowest BCUT2D eigenvalue weighted by molar-refractivity contribution is -0.117. The zero-order valence-corrected chi connectivity index (χ0v) is 13.1. The van der Waals surface area contributed by atoms with Crippen LogP contribution in [-0.2, 0) is 11.2 Å². The summed E-state index contributed by atoms with van der Waals surface area (Å²) in [5.41, 5.74) is 5.16. The average molecular weight is 284 g/mol. The Kier molecular flexibility index (Phi) is 3.85. The van der Waals surface area contributed by atoms with Gasteiger partial charge in [0, 0.05) is 25.2 Å². The molecule has 21 heavy (non-hydrogen) atoms. The van der Waals surface area contributed by atoms with Gasteiger partial charge in [-0.25, -0.2) is 0 Å². The second-order valence-corrected chi connectivity index (χ2v) is 6.34. The number of nitrogens with one attached hydrogen (secondary N) is 1. The predicted molar refractivity (Wildman–Crippen MR) is 87.4 cm³/mol. The zero-order valence-electron chi connectivity index (χ0n) is 13.1. The summed E-state index contributed by atoms with van der Waals surface area (Å²) in [4.78, 5) is 14.0. The largest absolute Gasteiger partial charge is 0.313 e. The van der Waals surface area contributed by atoms with Crippen LogP contribution in [0.4, 0.5) is 5.69 Å². The van der Waals surface area contributed by atoms with E-state index >= 15 is 0 Å². The van der Waals surface area contributed by atoms with Gasteiger partial charge in [-0.05, 0) is 61.1 Å². The van der Waals surface area contributed by atoms with Gasteiger partial charge >= 0.3 is 0 Å². The highest BCUT2D eigenvalue weighted by Crippen LogP contribution is 2.36. The third-order valence-corrected chi connectivity index (χ3v) is 4.89. The van der Waals surface area contributed by atoms with Gasteiger partial charge in [-0.2, -0.15) is 0 Å². The highest BCUT2D eigenvalue weighted by atomic mass is 16.2. The van der Waals surface area contributed by atoms with Crippen LogP contribution in [0, 0.1) is 5.92 Å². The number of anilines is 1. The second kappa shape index (κ2) is 5.64. The molecule has 0 saturated carbocycles. The van der Waals surface area contributed by atoms with Gasteiger partial charge in [-0.3, -0.25) is 4.79 Å². The molecule has 2 aliphatic heterocycles. The van der Waals surface area contributed by atoms with Crippen LogP contribution in [0.1, 0.15) is 38.3 Å². The van der Waals surface area contributed by atoms with E-state index in [0.29, 0.717) is 5.92 Å². The molecule has 0 saturated heterocycles. The summed E-state index contributed by atoms with van der Waals surface area (Å²) >= 11 is 0. The first-order chi connectivity index (χ1) is 10.1. The monoisotopic (exact) mass is 284 g/mol. The lowest BCUT2D eigenvalue weighted by Gasteiger charge is -2.39. The summed E-state index contributed by atoms with van der Waals surface area (Å²) in [5, 5.41) is 3.35. The van der Waals surface area contributed by atoms with Crippen LogP contribution in [-0.4, -0.2) is 25.0 Å². The molecule has 2 atom stereocenters. The van der Waals surface area contributed by atoms with E-state index in [1.807, 2.05) is 4.90 Å². The van der Waals surface area contributed by atoms with E-state index in [1.54, 1.807) is 6.92 Å². The molecule has 2 aliphatic rings. The smallest absolute Gasteiger partial charge is 0.224 e. The normalized spacial score (nSPS) is 25.3. The Morgan fingerprint density at radius 3 is 2.81 bits per heavy atom. The number of amides is 1. The standard InChI is InChI=1S/C18H24N2O/c1-12-10-17-11-16(15-6-8-19-9-7-15)4-5-18(17)20(13(12)2)14(3)21/h4-6,11-13,19H,7-10H2,1-3H3/t12?,13-/m0/s1. The first-order valence-electron chi connectivity index (χ1n) is 7.90. The Hall–Kier alpha value is -1.61. The third-order valence-electron chi connectivity index (χ3n) is 4.89. The summed E-state index contributed by atoms with van der Waals surface area (Å²) in [5.74, 6) is 0.641. The van der Waals surface area contributed by atoms with E-state index in [-0.39, 0.29) is 11.9 Å². The van der Waals surface area contributed by atoms with E-state index in [9.17, 15) is 4.79 Å². The van der Waals surface area contributed by atoms with Gasteiger partial charge in [0.05, 0.1) is 0 Å². The van der Waals surface area contributed by atoms with Gasteiger partial charge in [0.2, 0.25) is 5.91 Å². The second-order valence-electron chi connectivity index (χ2n) is 6.34. The van der Waals surface area contributed by atoms with E-state index < -0.39 is 0 Å². The molecule has 0 radical (unpaired) electrons. The van der Waals surface area contributed by atoms with Crippen molar-refractivity contribution >= 4 is 17.2 Å². The molecule has 3 nitrogen and oxygen atoms in total. The van der Waals surface area contributed by atoms with Crippen molar-refractivity contribution in [2.75, 3.05) is 18.0 Å². The van der Waals surface area contributed by atoms with Crippen LogP contribution in [0.2, 0.25) is 0 Å². The minimum atomic E-state index is 0.143. The molecule has 1 amide bonds. The van der Waals surface area contributed by atoms with E-state index in [4.69, 9.17) is 0 Å². The summed E-state index contributed by atoms with van der Waals surface area (Å²) in [6.45, 7) is 8.06. The van der Waals surface area contributed by atoms with Crippen molar-refractivity contribution in [3.63, 3.8) is 0 Å². The number of carbonyl (C=O) groups excluding carboxylic acids is 1. The van der Waals surface area contributed by atoms with Gasteiger partial charge < -0.3 is 10.2 Å². The van der Waals surface area contributed by atoms with Crippen LogP contribution in [0.5, 0.6) is 0 Å². The number of hydrogen-bond donors (Lipinski definition) is 1. The highest BCUT2D eigenvalue weighted by molar-refractivity contribution is 5.94. The topological polar surface area (TPSA) is 32.3 Å². The Labute approximate surface area is 127 Å². The molecule has 0 spiro atoms. The number of fused-ring (bicyclic) bond motifs is 1. The number of benzene rings is 1. The van der Waals surface area contributed by atoms with Gasteiger partial charge in [-0.1, -0.05) is 19.1 Å². The Morgan fingerprint density at radius 1 is 1.33 bits per heavy atom. The van der Waals surface area contributed by atoms with Crippen molar-refractivity contribution in [2.24, 2.45) is 5.92 Å². The minimum absolute atomic E-state index is 0.143. The quantitative estimate of drug-likeness (QED) is 0.860. The van der Waals surface area contributed by atoms with Crippen molar-refractivity contribution in [3.8, 4) is 0 Å². The summed E-state index contributed by atoms with van der Waals surface area (Å²) in [7, 11) is 0. The zero-order chi connectivity index (χ0) is 15.0. The van der Waals surface area contributed by atoms with Crippen LogP contribution < -0.4 is 10.2 Å². The molecule has 112 valence electrons. The molecule has 0 aliphatic carbocycles. The molecular weight excluding hydrogens is 260 g/mol. The Morgan fingerprint density at radius 2 is 2.14 bits per heavy atom. The maximum absolute atomic E-state index is 12.0. The molecule has 0 bridgehead atoms. The molecule has 0 fully saturated rings. The Bertz CT molecular complexity index is 591. The third kappa shape index (κ3) is 2.62. The van der Waals surface area contributed by atoms with Crippen molar-refractivity contribution < 1.29 is 4.79 Å². The fraction of sp³-hybridized carbons (Fsp3) is 0.500. The first kappa shape index (κ1) is 14.3. The molecule has 2 heterocycles. The van der Waals surface area contributed by atoms with Crippen molar-refractivity contribution in [2.45, 2.75) is 39.7 Å². The fourth-order valence-electron chi connectivity index (χ4n) is 3.52. The number of nitrogens with zero attached hydrogens (tertiary/aromatic N) is 1. The van der Waals surface area contributed by atoms with Gasteiger partial charge in [0.25, 0.3) is 0 Å². The molecule has 3 heteroatoms. The number of hydrogen-bond acceptors (Lipinski definition) is 2. The summed E-state index contributed by atoms with van der Waals surface area (Å²) in [6, 6.07) is 6.88. The molecule has 1 N–H and O–H groups in total. The number of carbonyl (C=O) groups is 1. The SMILES string of the molecule is CC(=O)N1c2ccc(C3=CCNCC3)cc2CC(C)[C@@H]1C. The predicted octanol–water partition coefficient (Wildman–Crippen LogP) is 3.00. The molecule has 1 aromatic rings. The van der Waals surface area contributed by atoms with Crippen molar-refractivity contribution in [1.29, 1.82) is 0 Å². The lowest BCUT2D eigenvalue weighted by atomic mass is 9.85. The van der Waals surface area contributed by atoms with Gasteiger partial charge in [-0.15, -0.1) is 0 Å². The molecule has 1 aromatic carbocycles. The van der Waals surface area contributed by atoms with E-state index in [1.165, 1.54) is 16.7 Å². The van der Waals surface area contributed by atoms with Crippen LogP contribution in [0.15, 0.2) is 24.3 Å². The van der Waals surface area contributed by atoms with E-state index in [0.717, 1.165) is 31.6 Å². The molecule has 1 unspecified atom stereocenters. The molecular formula is C18H24N2O. The van der Waals surface area contributed by atoms with Crippen LogP contribution in [0.25, 0.3) is 5.57 Å². The average Bonchev–Trinajstić information content (AvgIpc) is 2.48. The highest BCUT2D eigenvalue weighted by Gasteiger charge is 2.31. The maximum atomic E-state index is 12.0. The van der Waals surface area contributed by atoms with Crippen molar-refractivity contribution in [1.82, 2.24) is 5.32 Å².